The van der Waals surface area contributed by atoms with Crippen molar-refractivity contribution in [3.63, 3.8) is 0 Å². The van der Waals surface area contributed by atoms with Crippen LogP contribution >= 0.6 is 0 Å². The number of H-pyrrole nitrogens is 1. The van der Waals surface area contributed by atoms with Crippen molar-refractivity contribution in [2.75, 3.05) is 16.4 Å². The largest absolute Gasteiger partial charge is 0.399 e. The van der Waals surface area contributed by atoms with E-state index in [4.69, 9.17) is 10.7 Å². The molecule has 33 heavy (non-hydrogen) atoms. The molecule has 1 amide bonds. The van der Waals surface area contributed by atoms with Gasteiger partial charge in [0.25, 0.3) is 5.91 Å². The summed E-state index contributed by atoms with van der Waals surface area (Å²) in [6, 6.07) is 18.2. The molecular formula is C25H21N7O. The number of aromatic nitrogens is 4. The smallest absolute Gasteiger partial charge is 0.255 e. The number of hydrogen-bond donors (Lipinski definition) is 4. The summed E-state index contributed by atoms with van der Waals surface area (Å²) in [6.07, 6.45) is 5.34. The van der Waals surface area contributed by atoms with Crippen molar-refractivity contribution in [3.05, 3.63) is 90.4 Å². The Kier molecular flexibility index (Phi) is 5.16. The molecule has 162 valence electrons. The van der Waals surface area contributed by atoms with Gasteiger partial charge in [-0.05, 0) is 73.2 Å². The molecule has 8 heteroatoms. The Morgan fingerprint density at radius 2 is 1.88 bits per heavy atom. The number of aromatic amines is 1. The lowest BCUT2D eigenvalue weighted by atomic mass is 10.1. The minimum absolute atomic E-state index is 0.197. The SMILES string of the molecule is Cc1cc(NC(=O)c2ccc(N)cc2)ccc1Nc1nc(-c2cccnc2)c2[nH]ccc2n1. The number of aryl methyl sites for hydroxylation is 1. The van der Waals surface area contributed by atoms with E-state index in [2.05, 4.69) is 25.6 Å². The number of benzene rings is 2. The van der Waals surface area contributed by atoms with Crippen molar-refractivity contribution in [1.82, 2.24) is 19.9 Å². The minimum atomic E-state index is -0.197. The van der Waals surface area contributed by atoms with Gasteiger partial charge in [-0.1, -0.05) is 0 Å². The molecule has 0 fully saturated rings. The van der Waals surface area contributed by atoms with Gasteiger partial charge in [0.15, 0.2) is 0 Å². The van der Waals surface area contributed by atoms with E-state index in [9.17, 15) is 4.79 Å². The summed E-state index contributed by atoms with van der Waals surface area (Å²) in [6.45, 7) is 1.96. The highest BCUT2D eigenvalue weighted by Gasteiger charge is 2.13. The first-order valence-electron chi connectivity index (χ1n) is 10.4. The Bertz CT molecular complexity index is 1440. The van der Waals surface area contributed by atoms with Crippen LogP contribution in [0.5, 0.6) is 0 Å². The highest BCUT2D eigenvalue weighted by Crippen LogP contribution is 2.28. The van der Waals surface area contributed by atoms with E-state index in [1.807, 2.05) is 49.5 Å². The van der Waals surface area contributed by atoms with Crippen LogP contribution < -0.4 is 16.4 Å². The third-order valence-electron chi connectivity index (χ3n) is 5.24. The van der Waals surface area contributed by atoms with E-state index in [-0.39, 0.29) is 5.91 Å². The number of nitrogens with two attached hydrogens (primary N) is 1. The van der Waals surface area contributed by atoms with Gasteiger partial charge in [0.05, 0.1) is 11.0 Å². The fourth-order valence-corrected chi connectivity index (χ4v) is 3.55. The highest BCUT2D eigenvalue weighted by atomic mass is 16.1. The van der Waals surface area contributed by atoms with Gasteiger partial charge >= 0.3 is 0 Å². The molecule has 0 bridgehead atoms. The number of anilines is 4. The summed E-state index contributed by atoms with van der Waals surface area (Å²) in [5, 5.41) is 6.21. The average molecular weight is 435 g/mol. The van der Waals surface area contributed by atoms with Gasteiger partial charge in [0.1, 0.15) is 5.69 Å². The lowest BCUT2D eigenvalue weighted by molar-refractivity contribution is 0.102. The van der Waals surface area contributed by atoms with E-state index in [0.29, 0.717) is 22.9 Å². The van der Waals surface area contributed by atoms with E-state index < -0.39 is 0 Å². The number of nitrogens with one attached hydrogen (secondary N) is 3. The Morgan fingerprint density at radius 1 is 1.03 bits per heavy atom. The molecule has 0 aliphatic carbocycles. The summed E-state index contributed by atoms with van der Waals surface area (Å²) < 4.78 is 0. The van der Waals surface area contributed by atoms with Gasteiger partial charge < -0.3 is 21.4 Å². The second-order valence-corrected chi connectivity index (χ2v) is 7.61. The van der Waals surface area contributed by atoms with Gasteiger partial charge in [-0.25, -0.2) is 9.97 Å². The zero-order valence-electron chi connectivity index (χ0n) is 17.8. The fourth-order valence-electron chi connectivity index (χ4n) is 3.55. The Balaban J connectivity index is 1.40. The first kappa shape index (κ1) is 20.2. The molecule has 0 unspecified atom stereocenters. The van der Waals surface area contributed by atoms with Gasteiger partial charge in [-0.3, -0.25) is 9.78 Å². The molecule has 0 saturated carbocycles. The molecule has 0 aliphatic rings. The number of hydrogen-bond acceptors (Lipinski definition) is 6. The van der Waals surface area contributed by atoms with Crippen molar-refractivity contribution in [3.8, 4) is 11.3 Å². The van der Waals surface area contributed by atoms with Crippen LogP contribution in [-0.2, 0) is 0 Å². The lowest BCUT2D eigenvalue weighted by Crippen LogP contribution is -2.12. The monoisotopic (exact) mass is 435 g/mol. The molecule has 0 saturated heterocycles. The lowest BCUT2D eigenvalue weighted by Gasteiger charge is -2.12. The molecule has 3 aromatic heterocycles. The van der Waals surface area contributed by atoms with Crippen LogP contribution in [0.1, 0.15) is 15.9 Å². The van der Waals surface area contributed by atoms with E-state index in [1.54, 1.807) is 36.7 Å². The number of amides is 1. The third kappa shape index (κ3) is 4.22. The van der Waals surface area contributed by atoms with E-state index >= 15 is 0 Å². The molecule has 0 aliphatic heterocycles. The first-order chi connectivity index (χ1) is 16.1. The van der Waals surface area contributed by atoms with Gasteiger partial charge in [0, 0.05) is 46.8 Å². The molecule has 0 radical (unpaired) electrons. The molecule has 3 heterocycles. The second kappa shape index (κ2) is 8.43. The molecule has 2 aromatic carbocycles. The fraction of sp³-hybridized carbons (Fsp3) is 0.0400. The van der Waals surface area contributed by atoms with Gasteiger partial charge in [-0.2, -0.15) is 0 Å². The van der Waals surface area contributed by atoms with Crippen LogP contribution in [0.3, 0.4) is 0 Å². The molecule has 8 nitrogen and oxygen atoms in total. The quantitative estimate of drug-likeness (QED) is 0.291. The number of carbonyl (C=O) groups excluding carboxylic acids is 1. The molecule has 5 N–H and O–H groups in total. The maximum Gasteiger partial charge on any atom is 0.255 e. The Hall–Kier alpha value is -4.72. The van der Waals surface area contributed by atoms with Crippen LogP contribution in [0, 0.1) is 6.92 Å². The third-order valence-corrected chi connectivity index (χ3v) is 5.24. The molecule has 5 rings (SSSR count). The maximum atomic E-state index is 12.5. The van der Waals surface area contributed by atoms with E-state index in [1.165, 1.54) is 0 Å². The van der Waals surface area contributed by atoms with Crippen molar-refractivity contribution in [2.45, 2.75) is 6.92 Å². The standard InChI is InChI=1S/C25H21N7O/c1-15-13-19(29-24(33)16-4-6-18(26)7-5-16)8-9-20(15)30-25-31-21-10-12-28-23(21)22(32-25)17-3-2-11-27-14-17/h2-14,28H,26H2,1H3,(H,29,33)(H,30,31,32). The van der Waals surface area contributed by atoms with Gasteiger partial charge in [0.2, 0.25) is 5.95 Å². The summed E-state index contributed by atoms with van der Waals surface area (Å²) in [5.41, 5.74) is 12.6. The minimum Gasteiger partial charge on any atom is -0.399 e. The first-order valence-corrected chi connectivity index (χ1v) is 10.4. The predicted octanol–water partition coefficient (Wildman–Crippen LogP) is 4.91. The Labute approximate surface area is 189 Å². The van der Waals surface area contributed by atoms with Crippen LogP contribution in [0.25, 0.3) is 22.3 Å². The number of pyridine rings is 1. The zero-order valence-corrected chi connectivity index (χ0v) is 17.8. The van der Waals surface area contributed by atoms with Gasteiger partial charge in [-0.15, -0.1) is 0 Å². The number of carbonyl (C=O) groups is 1. The highest BCUT2D eigenvalue weighted by molar-refractivity contribution is 6.04. The second-order valence-electron chi connectivity index (χ2n) is 7.61. The number of fused-ring (bicyclic) bond motifs is 1. The van der Waals surface area contributed by atoms with Crippen LogP contribution in [-0.4, -0.2) is 25.8 Å². The number of rotatable bonds is 5. The summed E-state index contributed by atoms with van der Waals surface area (Å²) in [7, 11) is 0. The summed E-state index contributed by atoms with van der Waals surface area (Å²) in [4.78, 5) is 29.2. The number of nitrogens with zero attached hydrogens (tertiary/aromatic N) is 3. The normalized spacial score (nSPS) is 10.8. The van der Waals surface area contributed by atoms with E-state index in [0.717, 1.165) is 33.5 Å². The molecular weight excluding hydrogens is 414 g/mol. The Morgan fingerprint density at radius 3 is 2.64 bits per heavy atom. The van der Waals surface area contributed by atoms with Crippen molar-refractivity contribution < 1.29 is 4.79 Å². The molecule has 5 aromatic rings. The predicted molar refractivity (Wildman–Crippen MR) is 130 cm³/mol. The van der Waals surface area contributed by atoms with Crippen LogP contribution in [0.15, 0.2) is 79.3 Å². The summed E-state index contributed by atoms with van der Waals surface area (Å²) in [5.74, 6) is 0.278. The van der Waals surface area contributed by atoms with Crippen molar-refractivity contribution >= 4 is 40.0 Å². The summed E-state index contributed by atoms with van der Waals surface area (Å²) >= 11 is 0. The molecule has 0 spiro atoms. The topological polar surface area (TPSA) is 122 Å². The zero-order chi connectivity index (χ0) is 22.8. The van der Waals surface area contributed by atoms with Crippen molar-refractivity contribution in [2.24, 2.45) is 0 Å². The molecule has 0 atom stereocenters. The van der Waals surface area contributed by atoms with Crippen LogP contribution in [0.2, 0.25) is 0 Å². The average Bonchev–Trinajstić information content (AvgIpc) is 3.30. The maximum absolute atomic E-state index is 12.5. The number of nitrogen functional groups attached to an aromatic ring is 1. The van der Waals surface area contributed by atoms with Crippen LogP contribution in [0.4, 0.5) is 23.0 Å². The van der Waals surface area contributed by atoms with Crippen molar-refractivity contribution in [1.29, 1.82) is 0 Å².